The highest BCUT2D eigenvalue weighted by atomic mass is 32.2. The number of halogens is 4. The number of aliphatic hydroxyl groups is 2. The van der Waals surface area contributed by atoms with Crippen LogP contribution in [0.3, 0.4) is 0 Å². The fourth-order valence-electron chi connectivity index (χ4n) is 3.47. The Labute approximate surface area is 192 Å². The molecule has 0 aromatic heterocycles. The van der Waals surface area contributed by atoms with Crippen molar-refractivity contribution in [1.29, 1.82) is 0 Å². The van der Waals surface area contributed by atoms with Gasteiger partial charge in [0.05, 0.1) is 30.7 Å². The Bertz CT molecular complexity index is 1300. The summed E-state index contributed by atoms with van der Waals surface area (Å²) in [5, 5.41) is 21.1. The van der Waals surface area contributed by atoms with E-state index in [0.29, 0.717) is 22.5 Å². The molecule has 13 heteroatoms. The number of aliphatic hydroxyl groups excluding tert-OH is 1. The summed E-state index contributed by atoms with van der Waals surface area (Å²) < 4.78 is 85.4. The topological polar surface area (TPSA) is 95.8 Å². The zero-order chi connectivity index (χ0) is 25.5. The van der Waals surface area contributed by atoms with Crippen molar-refractivity contribution in [1.82, 2.24) is 4.31 Å². The first-order valence-electron chi connectivity index (χ1n) is 9.57. The number of sulfonamides is 1. The van der Waals surface area contributed by atoms with Crippen LogP contribution in [-0.2, 0) is 16.2 Å². The second kappa shape index (κ2) is 8.85. The number of ether oxygens (including phenoxy) is 1. The van der Waals surface area contributed by atoms with Gasteiger partial charge in [0.2, 0.25) is 21.4 Å². The molecular weight excluding hydrogens is 482 g/mol. The van der Waals surface area contributed by atoms with Crippen LogP contribution in [0, 0.1) is 19.0 Å². The van der Waals surface area contributed by atoms with E-state index in [1.54, 1.807) is 0 Å². The smallest absolute Gasteiger partial charge is 0.415 e. The summed E-state index contributed by atoms with van der Waals surface area (Å²) in [5.74, 6) is -1.06. The van der Waals surface area contributed by atoms with Crippen molar-refractivity contribution in [3.05, 3.63) is 70.6 Å². The molecule has 3 atom stereocenters. The molecule has 1 heterocycles. The second-order valence-electron chi connectivity index (χ2n) is 7.59. The third-order valence-electron chi connectivity index (χ3n) is 5.42. The number of rotatable bonds is 5. The summed E-state index contributed by atoms with van der Waals surface area (Å²) >= 11 is 0. The first kappa shape index (κ1) is 25.4. The van der Waals surface area contributed by atoms with Gasteiger partial charge in [-0.25, -0.2) is 22.5 Å². The van der Waals surface area contributed by atoms with Gasteiger partial charge in [-0.2, -0.15) is 17.5 Å². The zero-order valence-electron chi connectivity index (χ0n) is 17.4. The summed E-state index contributed by atoms with van der Waals surface area (Å²) in [5.41, 5.74) is -4.43. The van der Waals surface area contributed by atoms with E-state index in [1.165, 1.54) is 13.0 Å². The van der Waals surface area contributed by atoms with Crippen molar-refractivity contribution >= 4 is 21.4 Å². The fourth-order valence-corrected chi connectivity index (χ4v) is 5.07. The Morgan fingerprint density at radius 3 is 2.35 bits per heavy atom. The van der Waals surface area contributed by atoms with Gasteiger partial charge in [-0.1, -0.05) is 12.1 Å². The Morgan fingerprint density at radius 1 is 1.18 bits per heavy atom. The lowest BCUT2D eigenvalue weighted by molar-refractivity contribution is -0.137. The first-order valence-corrected chi connectivity index (χ1v) is 11.0. The molecule has 0 saturated carbocycles. The van der Waals surface area contributed by atoms with E-state index in [0.717, 1.165) is 12.1 Å². The molecule has 1 aliphatic heterocycles. The number of nitrogens with zero attached hydrogens (tertiary/aromatic N) is 3. The van der Waals surface area contributed by atoms with Crippen LogP contribution in [0.1, 0.15) is 12.5 Å². The van der Waals surface area contributed by atoms with Crippen LogP contribution in [-0.4, -0.2) is 53.8 Å². The number of hydrogen-bond acceptors (Lipinski definition) is 5. The standard InChI is InChI=1S/C21H17F4N3O5S/c1-12(29)20(30)11-28(10-19(20)33-14-5-6-16(26-2)15(22)9-14)34(31,32)18-7-4-13(21(23,24)25)8-17(18)27-3/h4-9,12,19,29-30H,10-11H2,1H3/t12-,19-,20+/m0/s1. The summed E-state index contributed by atoms with van der Waals surface area (Å²) in [7, 11) is -4.61. The molecule has 0 spiro atoms. The lowest BCUT2D eigenvalue weighted by atomic mass is 9.94. The Balaban J connectivity index is 1.97. The maximum Gasteiger partial charge on any atom is 0.415 e. The molecule has 0 radical (unpaired) electrons. The minimum atomic E-state index is -4.79. The fraction of sp³-hybridized carbons (Fsp3) is 0.333. The lowest BCUT2D eigenvalue weighted by Gasteiger charge is -2.31. The summed E-state index contributed by atoms with van der Waals surface area (Å²) in [6.07, 6.45) is -7.73. The quantitative estimate of drug-likeness (QED) is 0.485. The van der Waals surface area contributed by atoms with Crippen LogP contribution < -0.4 is 4.74 Å². The van der Waals surface area contributed by atoms with Gasteiger partial charge in [-0.15, -0.1) is 0 Å². The molecule has 0 unspecified atom stereocenters. The number of β-amino-alcohol motifs (C(OH)–C–C–N with tert-alkyl or cyclic N) is 1. The van der Waals surface area contributed by atoms with Crippen LogP contribution in [0.4, 0.5) is 28.9 Å². The molecule has 8 nitrogen and oxygen atoms in total. The van der Waals surface area contributed by atoms with Gasteiger partial charge in [0.25, 0.3) is 0 Å². The predicted molar refractivity (Wildman–Crippen MR) is 110 cm³/mol. The highest BCUT2D eigenvalue weighted by Gasteiger charge is 2.54. The van der Waals surface area contributed by atoms with E-state index >= 15 is 0 Å². The van der Waals surface area contributed by atoms with Crippen molar-refractivity contribution in [2.45, 2.75) is 35.8 Å². The van der Waals surface area contributed by atoms with E-state index < -0.39 is 69.1 Å². The van der Waals surface area contributed by atoms with Gasteiger partial charge in [0.15, 0.2) is 0 Å². The Kier molecular flexibility index (Phi) is 6.61. The number of benzene rings is 2. The number of alkyl halides is 3. The average Bonchev–Trinajstić information content (AvgIpc) is 3.11. The van der Waals surface area contributed by atoms with E-state index in [4.69, 9.17) is 17.9 Å². The molecule has 0 aliphatic carbocycles. The summed E-state index contributed by atoms with van der Waals surface area (Å²) in [4.78, 5) is 5.15. The van der Waals surface area contributed by atoms with Gasteiger partial charge in [-0.3, -0.25) is 0 Å². The van der Waals surface area contributed by atoms with Crippen LogP contribution >= 0.6 is 0 Å². The third kappa shape index (κ3) is 4.56. The normalized spacial score (nSPS) is 22.1. The molecule has 34 heavy (non-hydrogen) atoms. The second-order valence-corrected chi connectivity index (χ2v) is 9.49. The molecular formula is C21H17F4N3O5S. The lowest BCUT2D eigenvalue weighted by Crippen LogP contribution is -2.53. The van der Waals surface area contributed by atoms with Crippen LogP contribution in [0.25, 0.3) is 9.69 Å². The average molecular weight is 499 g/mol. The Hall–Kier alpha value is -3.23. The molecule has 1 aliphatic rings. The van der Waals surface area contributed by atoms with E-state index in [9.17, 15) is 36.2 Å². The van der Waals surface area contributed by atoms with E-state index in [2.05, 4.69) is 9.69 Å². The molecule has 2 aromatic rings. The molecule has 0 bridgehead atoms. The zero-order valence-corrected chi connectivity index (χ0v) is 18.2. The number of hydrogen-bond donors (Lipinski definition) is 2. The van der Waals surface area contributed by atoms with Gasteiger partial charge in [-0.05, 0) is 25.1 Å². The molecule has 0 amide bonds. The largest absolute Gasteiger partial charge is 0.486 e. The first-order chi connectivity index (χ1) is 15.7. The maximum atomic E-state index is 13.9. The van der Waals surface area contributed by atoms with Gasteiger partial charge in [0.1, 0.15) is 23.3 Å². The van der Waals surface area contributed by atoms with Crippen LogP contribution in [0.2, 0.25) is 0 Å². The Morgan fingerprint density at radius 2 is 1.82 bits per heavy atom. The molecule has 3 rings (SSSR count). The predicted octanol–water partition coefficient (Wildman–Crippen LogP) is 3.51. The van der Waals surface area contributed by atoms with Crippen molar-refractivity contribution in [2.75, 3.05) is 13.1 Å². The highest BCUT2D eigenvalue weighted by molar-refractivity contribution is 7.89. The monoisotopic (exact) mass is 499 g/mol. The molecule has 2 aromatic carbocycles. The van der Waals surface area contributed by atoms with Gasteiger partial charge < -0.3 is 14.9 Å². The summed E-state index contributed by atoms with van der Waals surface area (Å²) in [6.45, 7) is 13.9. The summed E-state index contributed by atoms with van der Waals surface area (Å²) in [6, 6.07) is 4.79. The van der Waals surface area contributed by atoms with Crippen molar-refractivity contribution in [2.24, 2.45) is 0 Å². The third-order valence-corrected chi connectivity index (χ3v) is 7.28. The molecule has 1 fully saturated rings. The van der Waals surface area contributed by atoms with Gasteiger partial charge in [0, 0.05) is 18.2 Å². The minimum absolute atomic E-state index is 0.149. The SMILES string of the molecule is [C-]#[N+]c1ccc(O[C@H]2CN(S(=O)(=O)c3ccc(C(F)(F)F)cc3[N+]#[C-])C[C@@]2(O)[C@H](C)O)cc1F. The molecule has 1 saturated heterocycles. The van der Waals surface area contributed by atoms with Crippen molar-refractivity contribution in [3.8, 4) is 5.75 Å². The highest BCUT2D eigenvalue weighted by Crippen LogP contribution is 2.39. The molecule has 180 valence electrons. The van der Waals surface area contributed by atoms with E-state index in [1.807, 2.05) is 0 Å². The van der Waals surface area contributed by atoms with Crippen LogP contribution in [0.15, 0.2) is 41.3 Å². The van der Waals surface area contributed by atoms with Crippen molar-refractivity contribution in [3.63, 3.8) is 0 Å². The van der Waals surface area contributed by atoms with Crippen LogP contribution in [0.5, 0.6) is 5.75 Å². The minimum Gasteiger partial charge on any atom is -0.486 e. The molecule has 2 N–H and O–H groups in total. The van der Waals surface area contributed by atoms with E-state index in [-0.39, 0.29) is 11.4 Å². The van der Waals surface area contributed by atoms with Gasteiger partial charge >= 0.3 is 6.18 Å². The van der Waals surface area contributed by atoms with Crippen molar-refractivity contribution < 1.29 is 40.9 Å². The maximum absolute atomic E-state index is 13.9.